The Kier molecular flexibility index (Phi) is 6.65. The fourth-order valence-electron chi connectivity index (χ4n) is 3.69. The minimum Gasteiger partial charge on any atom is -0.497 e. The fourth-order valence-corrected chi connectivity index (χ4v) is 4.67. The monoisotopic (exact) mass is 418 g/mol. The number of benzene rings is 1. The quantitative estimate of drug-likeness (QED) is 0.236. The van der Waals surface area contributed by atoms with Crippen LogP contribution in [0.15, 0.2) is 23.2 Å². The summed E-state index contributed by atoms with van der Waals surface area (Å²) >= 11 is 1.32. The van der Waals surface area contributed by atoms with Gasteiger partial charge in [-0.15, -0.1) is 11.3 Å². The number of hydrogen-bond acceptors (Lipinski definition) is 7. The van der Waals surface area contributed by atoms with E-state index in [0.717, 1.165) is 16.6 Å². The van der Waals surface area contributed by atoms with Crippen molar-refractivity contribution in [1.82, 2.24) is 9.88 Å². The molecule has 0 radical (unpaired) electrons. The second kappa shape index (κ2) is 9.19. The standard InChI is InChI=1S/C19H26N6O3S/c1-28-11-6-7-12-15(10-11)29-18(24-12)16(26)13(4-2-8-23-19(21)22)25-9-3-5-14(25)17(20)27/h6-7,10,13-14H,2-5,8-9H2,1H3,(H2,20,27)(H4,21,22,23)/t13-,14-/m0/s1. The van der Waals surface area contributed by atoms with Gasteiger partial charge in [0.25, 0.3) is 0 Å². The molecule has 1 aliphatic heterocycles. The lowest BCUT2D eigenvalue weighted by Crippen LogP contribution is -2.49. The topological polar surface area (TPSA) is 150 Å². The molecule has 0 aliphatic carbocycles. The Labute approximate surface area is 172 Å². The molecule has 0 bridgehead atoms. The van der Waals surface area contributed by atoms with Gasteiger partial charge in [0.1, 0.15) is 5.75 Å². The highest BCUT2D eigenvalue weighted by Crippen LogP contribution is 2.30. The molecule has 9 nitrogen and oxygen atoms in total. The Balaban J connectivity index is 1.86. The molecule has 10 heteroatoms. The molecule has 29 heavy (non-hydrogen) atoms. The molecule has 2 aromatic rings. The number of ketones is 1. The van der Waals surface area contributed by atoms with Crippen molar-refractivity contribution in [2.75, 3.05) is 20.2 Å². The average Bonchev–Trinajstić information content (AvgIpc) is 3.33. The van der Waals surface area contributed by atoms with Gasteiger partial charge in [0.2, 0.25) is 11.7 Å². The van der Waals surface area contributed by atoms with Crippen LogP contribution in [0.25, 0.3) is 10.2 Å². The number of nitrogens with two attached hydrogens (primary N) is 3. The number of fused-ring (bicyclic) bond motifs is 1. The summed E-state index contributed by atoms with van der Waals surface area (Å²) < 4.78 is 6.12. The third-order valence-electron chi connectivity index (χ3n) is 5.06. The van der Waals surface area contributed by atoms with Gasteiger partial charge in [-0.2, -0.15) is 0 Å². The van der Waals surface area contributed by atoms with Crippen molar-refractivity contribution in [3.8, 4) is 5.75 Å². The molecule has 156 valence electrons. The van der Waals surface area contributed by atoms with Gasteiger partial charge in [-0.25, -0.2) is 4.98 Å². The number of ether oxygens (including phenoxy) is 1. The van der Waals surface area contributed by atoms with Crippen LogP contribution < -0.4 is 21.9 Å². The molecule has 1 fully saturated rings. The summed E-state index contributed by atoms with van der Waals surface area (Å²) in [6.45, 7) is 1.06. The van der Waals surface area contributed by atoms with Gasteiger partial charge in [0.15, 0.2) is 11.0 Å². The van der Waals surface area contributed by atoms with Crippen LogP contribution in [0.5, 0.6) is 5.75 Å². The number of thiazole rings is 1. The van der Waals surface area contributed by atoms with Gasteiger partial charge in [0.05, 0.1) is 29.4 Å². The Hall–Kier alpha value is -2.72. The first kappa shape index (κ1) is 21.0. The fraction of sp³-hybridized carbons (Fsp3) is 0.474. The number of rotatable bonds is 9. The van der Waals surface area contributed by atoms with Crippen LogP contribution in [-0.2, 0) is 4.79 Å². The second-order valence-corrected chi connectivity index (χ2v) is 8.01. The van der Waals surface area contributed by atoms with E-state index >= 15 is 0 Å². The molecule has 1 aromatic heterocycles. The predicted octanol–water partition coefficient (Wildman–Crippen LogP) is 0.860. The number of Topliss-reactive ketones (excluding diaryl/α,β-unsaturated/α-hetero) is 1. The second-order valence-electron chi connectivity index (χ2n) is 6.98. The highest BCUT2D eigenvalue weighted by molar-refractivity contribution is 7.20. The molecule has 1 amide bonds. The van der Waals surface area contributed by atoms with E-state index in [1.807, 2.05) is 23.1 Å². The number of carbonyl (C=O) groups excluding carboxylic acids is 2. The van der Waals surface area contributed by atoms with E-state index < -0.39 is 18.0 Å². The van der Waals surface area contributed by atoms with Crippen molar-refractivity contribution < 1.29 is 14.3 Å². The van der Waals surface area contributed by atoms with Crippen molar-refractivity contribution in [1.29, 1.82) is 0 Å². The number of primary amides is 1. The zero-order valence-electron chi connectivity index (χ0n) is 16.3. The first-order valence-electron chi connectivity index (χ1n) is 9.50. The van der Waals surface area contributed by atoms with Crippen molar-refractivity contribution in [2.24, 2.45) is 22.2 Å². The first-order chi connectivity index (χ1) is 13.9. The number of methoxy groups -OCH3 is 1. The Morgan fingerprint density at radius 3 is 2.86 bits per heavy atom. The largest absolute Gasteiger partial charge is 0.497 e. The number of aliphatic imine (C=N–C) groups is 1. The number of amides is 1. The molecule has 1 saturated heterocycles. The zero-order chi connectivity index (χ0) is 21.0. The van der Waals surface area contributed by atoms with Crippen LogP contribution in [0.3, 0.4) is 0 Å². The highest BCUT2D eigenvalue weighted by atomic mass is 32.1. The lowest BCUT2D eigenvalue weighted by atomic mass is 10.0. The van der Waals surface area contributed by atoms with Crippen molar-refractivity contribution in [3.05, 3.63) is 23.2 Å². The van der Waals surface area contributed by atoms with Gasteiger partial charge in [0, 0.05) is 6.54 Å². The Morgan fingerprint density at radius 2 is 2.17 bits per heavy atom. The maximum atomic E-state index is 13.4. The van der Waals surface area contributed by atoms with Crippen LogP contribution >= 0.6 is 11.3 Å². The van der Waals surface area contributed by atoms with E-state index in [2.05, 4.69) is 9.98 Å². The van der Waals surface area contributed by atoms with Crippen LogP contribution in [0.4, 0.5) is 0 Å². The maximum Gasteiger partial charge on any atom is 0.234 e. The lowest BCUT2D eigenvalue weighted by molar-refractivity contribution is -0.122. The summed E-state index contributed by atoms with van der Waals surface area (Å²) in [5.41, 5.74) is 17.1. The minimum absolute atomic E-state index is 0.0178. The number of hydrogen-bond donors (Lipinski definition) is 3. The summed E-state index contributed by atoms with van der Waals surface area (Å²) in [6, 6.07) is 4.57. The maximum absolute atomic E-state index is 13.4. The molecule has 0 saturated carbocycles. The van der Waals surface area contributed by atoms with E-state index in [1.165, 1.54) is 11.3 Å². The Bertz CT molecular complexity index is 924. The van der Waals surface area contributed by atoms with Crippen LogP contribution in [-0.4, -0.2) is 59.8 Å². The number of carbonyl (C=O) groups is 2. The van der Waals surface area contributed by atoms with Crippen molar-refractivity contribution in [2.45, 2.75) is 37.8 Å². The molecule has 0 unspecified atom stereocenters. The van der Waals surface area contributed by atoms with Gasteiger partial charge >= 0.3 is 0 Å². The number of likely N-dealkylation sites (tertiary alicyclic amines) is 1. The Morgan fingerprint density at radius 1 is 1.38 bits per heavy atom. The van der Waals surface area contributed by atoms with E-state index in [4.69, 9.17) is 21.9 Å². The van der Waals surface area contributed by atoms with E-state index in [0.29, 0.717) is 43.1 Å². The molecule has 6 N–H and O–H groups in total. The molecule has 1 aliphatic rings. The predicted molar refractivity (Wildman–Crippen MR) is 113 cm³/mol. The normalized spacial score (nSPS) is 17.9. The van der Waals surface area contributed by atoms with Crippen LogP contribution in [0, 0.1) is 0 Å². The summed E-state index contributed by atoms with van der Waals surface area (Å²) in [4.78, 5) is 35.7. The summed E-state index contributed by atoms with van der Waals surface area (Å²) in [7, 11) is 1.60. The molecule has 1 aromatic carbocycles. The summed E-state index contributed by atoms with van der Waals surface area (Å²) in [5, 5.41) is 0.412. The van der Waals surface area contributed by atoms with E-state index in [9.17, 15) is 9.59 Å². The molecule has 0 spiro atoms. The average molecular weight is 419 g/mol. The van der Waals surface area contributed by atoms with Gasteiger partial charge in [-0.1, -0.05) is 0 Å². The molecule has 3 rings (SSSR count). The minimum atomic E-state index is -0.494. The molecule has 2 atom stereocenters. The van der Waals surface area contributed by atoms with Crippen LogP contribution in [0.2, 0.25) is 0 Å². The number of nitrogens with zero attached hydrogens (tertiary/aromatic N) is 3. The highest BCUT2D eigenvalue weighted by Gasteiger charge is 2.38. The van der Waals surface area contributed by atoms with Crippen molar-refractivity contribution >= 4 is 39.2 Å². The third kappa shape index (κ3) is 4.83. The number of aromatic nitrogens is 1. The van der Waals surface area contributed by atoms with Gasteiger partial charge in [-0.05, 0) is 50.4 Å². The summed E-state index contributed by atoms with van der Waals surface area (Å²) in [5.74, 6) is 0.216. The van der Waals surface area contributed by atoms with E-state index in [-0.39, 0.29) is 11.7 Å². The number of guanidine groups is 1. The van der Waals surface area contributed by atoms with Crippen LogP contribution in [0.1, 0.15) is 35.5 Å². The zero-order valence-corrected chi connectivity index (χ0v) is 17.2. The smallest absolute Gasteiger partial charge is 0.234 e. The first-order valence-corrected chi connectivity index (χ1v) is 10.3. The molecule has 2 heterocycles. The van der Waals surface area contributed by atoms with Gasteiger partial charge in [-0.3, -0.25) is 19.5 Å². The van der Waals surface area contributed by atoms with Crippen molar-refractivity contribution in [3.63, 3.8) is 0 Å². The lowest BCUT2D eigenvalue weighted by Gasteiger charge is -2.30. The van der Waals surface area contributed by atoms with E-state index in [1.54, 1.807) is 7.11 Å². The SMILES string of the molecule is COc1ccc2nc(C(=O)[C@H](CCCN=C(N)N)N3CCC[C@H]3C(N)=O)sc2c1. The molecular formula is C19H26N6O3S. The third-order valence-corrected chi connectivity index (χ3v) is 6.09. The molecular weight excluding hydrogens is 392 g/mol. The summed E-state index contributed by atoms with van der Waals surface area (Å²) in [6.07, 6.45) is 2.60. The van der Waals surface area contributed by atoms with Gasteiger partial charge < -0.3 is 21.9 Å².